The van der Waals surface area contributed by atoms with E-state index in [4.69, 9.17) is 23.7 Å². The van der Waals surface area contributed by atoms with Gasteiger partial charge in [0.25, 0.3) is 0 Å². The predicted octanol–water partition coefficient (Wildman–Crippen LogP) is 0.350. The van der Waals surface area contributed by atoms with Crippen LogP contribution in [-0.4, -0.2) is 99.6 Å². The third-order valence-corrected chi connectivity index (χ3v) is 9.26. The van der Waals surface area contributed by atoms with Crippen LogP contribution in [-0.2, 0) is 28.5 Å². The average molecular weight is 585 g/mol. The van der Waals surface area contributed by atoms with Gasteiger partial charge in [-0.1, -0.05) is 36.4 Å². The maximum Gasteiger partial charge on any atom is 0.338 e. The molecule has 2 saturated heterocycles. The van der Waals surface area contributed by atoms with E-state index in [-0.39, 0.29) is 29.8 Å². The summed E-state index contributed by atoms with van der Waals surface area (Å²) in [6, 6.07) is 16.3. The largest absolute Gasteiger partial charge is 0.461 e. The Labute approximate surface area is 240 Å². The van der Waals surface area contributed by atoms with Gasteiger partial charge in [-0.15, -0.1) is 0 Å². The summed E-state index contributed by atoms with van der Waals surface area (Å²) >= 11 is 0. The second-order valence-corrected chi connectivity index (χ2v) is 11.5. The summed E-state index contributed by atoms with van der Waals surface area (Å²) in [4.78, 5) is 38.3. The quantitative estimate of drug-likeness (QED) is 0.314. The highest BCUT2D eigenvalue weighted by Crippen LogP contribution is 2.73. The fourth-order valence-corrected chi connectivity index (χ4v) is 6.96. The van der Waals surface area contributed by atoms with E-state index in [9.17, 15) is 34.8 Å². The number of esters is 2. The zero-order valence-corrected chi connectivity index (χ0v) is 22.7. The van der Waals surface area contributed by atoms with Crippen LogP contribution in [0, 0.1) is 11.3 Å². The number of hydrogen-bond acceptors (Lipinski definition) is 12. The smallest absolute Gasteiger partial charge is 0.338 e. The van der Waals surface area contributed by atoms with Gasteiger partial charge in [-0.05, 0) is 37.6 Å². The molecule has 5 aliphatic rings. The van der Waals surface area contributed by atoms with Crippen LogP contribution in [0.4, 0.5) is 0 Å². The summed E-state index contributed by atoms with van der Waals surface area (Å²) in [5.41, 5.74) is -3.86. The number of carbonyl (C=O) groups is 3. The summed E-state index contributed by atoms with van der Waals surface area (Å²) in [5, 5.41) is 43.3. The van der Waals surface area contributed by atoms with Crippen LogP contribution in [0.2, 0.25) is 0 Å². The van der Waals surface area contributed by atoms with Crippen molar-refractivity contribution in [2.75, 3.05) is 13.2 Å². The van der Waals surface area contributed by atoms with Crippen LogP contribution < -0.4 is 0 Å². The molecule has 0 amide bonds. The molecule has 4 bridgehead atoms. The topological polar surface area (TPSA) is 178 Å². The predicted molar refractivity (Wildman–Crippen MR) is 140 cm³/mol. The molecule has 3 saturated carbocycles. The molecule has 2 aromatic rings. The Bertz CT molecular complexity index is 1350. The van der Waals surface area contributed by atoms with Crippen LogP contribution in [0.1, 0.15) is 40.5 Å². The minimum atomic E-state index is -1.75. The lowest BCUT2D eigenvalue weighted by molar-refractivity contribution is -0.381. The molecule has 2 heterocycles. The van der Waals surface area contributed by atoms with E-state index in [1.807, 2.05) is 0 Å². The highest BCUT2D eigenvalue weighted by atomic mass is 16.7. The Hall–Kier alpha value is -3.23. The molecule has 2 aromatic carbocycles. The molecule has 0 aromatic heterocycles. The number of hydrogen-bond donors (Lipinski definition) is 4. The molecule has 5 fully saturated rings. The van der Waals surface area contributed by atoms with Crippen LogP contribution in [0.25, 0.3) is 0 Å². The van der Waals surface area contributed by atoms with Gasteiger partial charge in [-0.2, -0.15) is 0 Å². The number of aliphatic hydroxyl groups is 4. The highest BCUT2D eigenvalue weighted by Gasteiger charge is 2.87. The van der Waals surface area contributed by atoms with Gasteiger partial charge < -0.3 is 44.1 Å². The Morgan fingerprint density at radius 3 is 2.10 bits per heavy atom. The molecule has 4 N–H and O–H groups in total. The van der Waals surface area contributed by atoms with E-state index in [0.717, 1.165) is 0 Å². The van der Waals surface area contributed by atoms with Crippen LogP contribution in [0.15, 0.2) is 60.7 Å². The first-order valence-corrected chi connectivity index (χ1v) is 13.7. The Morgan fingerprint density at radius 2 is 1.48 bits per heavy atom. The lowest BCUT2D eigenvalue weighted by Crippen LogP contribution is -2.80. The second-order valence-electron chi connectivity index (χ2n) is 11.5. The number of carbonyl (C=O) groups excluding carboxylic acids is 3. The van der Waals surface area contributed by atoms with Crippen LogP contribution in [0.3, 0.4) is 0 Å². The summed E-state index contributed by atoms with van der Waals surface area (Å²) in [6.07, 6.45) is -9.61. The van der Waals surface area contributed by atoms with Crippen molar-refractivity contribution in [2.24, 2.45) is 11.3 Å². The molecule has 2 aliphatic heterocycles. The van der Waals surface area contributed by atoms with E-state index < -0.39 is 84.7 Å². The first kappa shape index (κ1) is 28.9. The van der Waals surface area contributed by atoms with E-state index in [0.29, 0.717) is 0 Å². The Kier molecular flexibility index (Phi) is 7.21. The third-order valence-electron chi connectivity index (χ3n) is 9.26. The van der Waals surface area contributed by atoms with Gasteiger partial charge in [0.05, 0.1) is 16.5 Å². The van der Waals surface area contributed by atoms with Gasteiger partial charge in [0, 0.05) is 12.3 Å². The summed E-state index contributed by atoms with van der Waals surface area (Å²) in [7, 11) is 0. The number of Topliss-reactive ketones (excluding diaryl/α,β-unsaturated/α-hetero) is 1. The molecule has 10 atom stereocenters. The second kappa shape index (κ2) is 10.5. The first-order valence-electron chi connectivity index (χ1n) is 13.7. The molecule has 3 aliphatic carbocycles. The zero-order valence-electron chi connectivity index (χ0n) is 22.7. The fourth-order valence-electron chi connectivity index (χ4n) is 6.96. The van der Waals surface area contributed by atoms with Crippen molar-refractivity contribution in [1.29, 1.82) is 0 Å². The molecule has 0 radical (unpaired) electrons. The number of rotatable bonds is 8. The van der Waals surface area contributed by atoms with Gasteiger partial charge >= 0.3 is 11.9 Å². The normalized spacial score (nSPS) is 40.2. The van der Waals surface area contributed by atoms with Crippen molar-refractivity contribution in [1.82, 2.24) is 0 Å². The van der Waals surface area contributed by atoms with Gasteiger partial charge in [-0.3, -0.25) is 4.79 Å². The Morgan fingerprint density at radius 1 is 0.881 bits per heavy atom. The van der Waals surface area contributed by atoms with E-state index in [2.05, 4.69) is 0 Å². The molecule has 0 spiro atoms. The minimum Gasteiger partial charge on any atom is -0.461 e. The van der Waals surface area contributed by atoms with Crippen molar-refractivity contribution in [3.05, 3.63) is 71.8 Å². The maximum atomic E-state index is 13.1. The van der Waals surface area contributed by atoms with Crippen LogP contribution >= 0.6 is 0 Å². The lowest BCUT2D eigenvalue weighted by atomic mass is 9.41. The summed E-state index contributed by atoms with van der Waals surface area (Å²) in [5.74, 6) is -2.32. The van der Waals surface area contributed by atoms with E-state index in [1.165, 1.54) is 0 Å². The van der Waals surface area contributed by atoms with Crippen molar-refractivity contribution in [3.63, 3.8) is 0 Å². The standard InChI is InChI=1S/C30H32O12/c1-28-13-19(31)18-12-30(28,29(18,27(37)42-28)15-39-25(36)17-10-6-3-7-11-17)41-26-23(34)22(33)21(32)20(40-26)14-38-24(35)16-8-4-2-5-9-16/h2-11,18,20-23,26-27,32-34,37H,12-15H2,1H3/t18-,20-,21-,22+,23-,26+,27-,28-,29-,30-/m1/s1. The number of aliphatic hydroxyl groups excluding tert-OH is 4. The molecule has 7 rings (SSSR count). The Balaban J connectivity index is 1.24. The fraction of sp³-hybridized carbons (Fsp3) is 0.500. The lowest BCUT2D eigenvalue weighted by Gasteiger charge is -2.66. The minimum absolute atomic E-state index is 0.0706. The third kappa shape index (κ3) is 4.21. The summed E-state index contributed by atoms with van der Waals surface area (Å²) in [6.45, 7) is 0.687. The van der Waals surface area contributed by atoms with Crippen molar-refractivity contribution < 1.29 is 58.5 Å². The molecule has 42 heavy (non-hydrogen) atoms. The van der Waals surface area contributed by atoms with Crippen LogP contribution in [0.5, 0.6) is 0 Å². The van der Waals surface area contributed by atoms with Gasteiger partial charge in [0.15, 0.2) is 12.6 Å². The molecule has 224 valence electrons. The number of fused-ring (bicyclic) bond motifs is 1. The number of ketones is 1. The number of benzene rings is 2. The van der Waals surface area contributed by atoms with Gasteiger partial charge in [-0.25, -0.2) is 9.59 Å². The highest BCUT2D eigenvalue weighted by molar-refractivity contribution is 5.90. The van der Waals surface area contributed by atoms with E-state index in [1.54, 1.807) is 67.6 Å². The SMILES string of the molecule is C[C@@]12CC(=O)[C@H]3C[C@]1(O[C@@H]1O[C@H](COC(=O)c4ccccc4)[C@@H](O)[C@H](O)[C@H]1O)[C@@]3(COC(=O)c1ccccc1)[C@H](O)O2. The van der Waals surface area contributed by atoms with Crippen molar-refractivity contribution in [2.45, 2.75) is 68.0 Å². The van der Waals surface area contributed by atoms with E-state index >= 15 is 0 Å². The molecule has 12 nitrogen and oxygen atoms in total. The van der Waals surface area contributed by atoms with Crippen molar-refractivity contribution in [3.8, 4) is 0 Å². The van der Waals surface area contributed by atoms with Gasteiger partial charge in [0.1, 0.15) is 54.6 Å². The first-order chi connectivity index (χ1) is 20.0. The number of ether oxygens (including phenoxy) is 5. The monoisotopic (exact) mass is 584 g/mol. The molecule has 0 unspecified atom stereocenters. The average Bonchev–Trinajstić information content (AvgIpc) is 3.05. The van der Waals surface area contributed by atoms with Crippen molar-refractivity contribution >= 4 is 17.7 Å². The maximum absolute atomic E-state index is 13.1. The summed E-state index contributed by atoms with van der Waals surface area (Å²) < 4.78 is 29.0. The molecular weight excluding hydrogens is 552 g/mol. The molecule has 12 heteroatoms. The molecular formula is C30H32O12. The zero-order chi connectivity index (χ0) is 29.9. The van der Waals surface area contributed by atoms with Gasteiger partial charge in [0.2, 0.25) is 0 Å².